The van der Waals surface area contributed by atoms with Crippen LogP contribution in [0.3, 0.4) is 0 Å². The van der Waals surface area contributed by atoms with Crippen LogP contribution >= 0.6 is 0 Å². The third-order valence-electron chi connectivity index (χ3n) is 3.02. The Kier molecular flexibility index (Phi) is 2.87. The topological polar surface area (TPSA) is 29.9 Å². The molecular weight excluding hydrogens is 174 g/mol. The summed E-state index contributed by atoms with van der Waals surface area (Å²) in [4.78, 5) is 0. The molecule has 0 fully saturated rings. The highest BCUT2D eigenvalue weighted by Crippen LogP contribution is 2.28. The molecule has 78 valence electrons. The van der Waals surface area contributed by atoms with Gasteiger partial charge in [-0.25, -0.2) is 0 Å². The highest BCUT2D eigenvalue weighted by atomic mass is 15.3. The van der Waals surface area contributed by atoms with Gasteiger partial charge in [-0.3, -0.25) is 4.68 Å². The molecule has 1 heterocycles. The number of aryl methyl sites for hydroxylation is 1. The lowest BCUT2D eigenvalue weighted by atomic mass is 9.93. The number of aromatic nitrogens is 2. The zero-order valence-corrected chi connectivity index (χ0v) is 9.08. The zero-order valence-electron chi connectivity index (χ0n) is 9.08. The van der Waals surface area contributed by atoms with Crippen LogP contribution in [-0.4, -0.2) is 16.3 Å². The first-order valence-electron chi connectivity index (χ1n) is 5.57. The number of nitrogens with one attached hydrogen (secondary N) is 1. The molecule has 2 rings (SSSR count). The van der Waals surface area contributed by atoms with Crippen LogP contribution < -0.4 is 5.32 Å². The van der Waals surface area contributed by atoms with Gasteiger partial charge in [-0.05, 0) is 32.2 Å². The van der Waals surface area contributed by atoms with Gasteiger partial charge in [-0.1, -0.05) is 6.92 Å². The molecule has 0 radical (unpaired) electrons. The highest BCUT2D eigenvalue weighted by Gasteiger charge is 2.22. The van der Waals surface area contributed by atoms with E-state index < -0.39 is 0 Å². The van der Waals surface area contributed by atoms with Crippen molar-refractivity contribution in [2.24, 2.45) is 7.05 Å². The van der Waals surface area contributed by atoms with E-state index in [1.807, 2.05) is 17.9 Å². The second kappa shape index (κ2) is 4.13. The molecule has 1 aromatic heterocycles. The Bertz CT molecular complexity index is 303. The Morgan fingerprint density at radius 1 is 1.64 bits per heavy atom. The molecule has 0 spiro atoms. The van der Waals surface area contributed by atoms with Crippen molar-refractivity contribution < 1.29 is 0 Å². The van der Waals surface area contributed by atoms with E-state index in [4.69, 9.17) is 0 Å². The molecule has 1 aliphatic rings. The highest BCUT2D eigenvalue weighted by molar-refractivity contribution is 5.24. The van der Waals surface area contributed by atoms with E-state index in [9.17, 15) is 0 Å². The van der Waals surface area contributed by atoms with E-state index in [1.165, 1.54) is 36.9 Å². The minimum absolute atomic E-state index is 0.549. The monoisotopic (exact) mass is 193 g/mol. The summed E-state index contributed by atoms with van der Waals surface area (Å²) in [6.07, 6.45) is 6.97. The maximum atomic E-state index is 4.33. The van der Waals surface area contributed by atoms with E-state index in [-0.39, 0.29) is 0 Å². The molecule has 0 aromatic carbocycles. The smallest absolute Gasteiger partial charge is 0.0540 e. The van der Waals surface area contributed by atoms with Crippen molar-refractivity contribution in [3.63, 3.8) is 0 Å². The second-order valence-electron chi connectivity index (χ2n) is 4.07. The molecule has 1 unspecified atom stereocenters. The van der Waals surface area contributed by atoms with Crippen LogP contribution in [0.5, 0.6) is 0 Å². The third-order valence-corrected chi connectivity index (χ3v) is 3.02. The predicted octanol–water partition coefficient (Wildman–Crippen LogP) is 1.80. The fourth-order valence-corrected chi connectivity index (χ4v) is 2.24. The summed E-state index contributed by atoms with van der Waals surface area (Å²) in [7, 11) is 2.04. The maximum absolute atomic E-state index is 4.33. The van der Waals surface area contributed by atoms with Crippen LogP contribution in [0.1, 0.15) is 43.5 Å². The Morgan fingerprint density at radius 3 is 3.29 bits per heavy atom. The molecule has 0 aliphatic heterocycles. The maximum Gasteiger partial charge on any atom is 0.0540 e. The van der Waals surface area contributed by atoms with Crippen LogP contribution in [-0.2, 0) is 13.5 Å². The van der Waals surface area contributed by atoms with E-state index in [0.717, 1.165) is 6.54 Å². The molecule has 3 nitrogen and oxygen atoms in total. The normalized spacial score (nSPS) is 20.9. The molecule has 0 saturated heterocycles. The molecule has 3 heteroatoms. The zero-order chi connectivity index (χ0) is 9.97. The van der Waals surface area contributed by atoms with Crippen molar-refractivity contribution in [3.8, 4) is 0 Å². The number of fused-ring (bicyclic) bond motifs is 1. The summed E-state index contributed by atoms with van der Waals surface area (Å²) >= 11 is 0. The fraction of sp³-hybridized carbons (Fsp3) is 0.727. The van der Waals surface area contributed by atoms with Crippen molar-refractivity contribution in [1.82, 2.24) is 15.1 Å². The lowest BCUT2D eigenvalue weighted by Gasteiger charge is -2.23. The van der Waals surface area contributed by atoms with Crippen LogP contribution in [0.2, 0.25) is 0 Å². The Hall–Kier alpha value is -0.830. The van der Waals surface area contributed by atoms with Gasteiger partial charge in [-0.15, -0.1) is 0 Å². The summed E-state index contributed by atoms with van der Waals surface area (Å²) in [5, 5.41) is 7.92. The summed E-state index contributed by atoms with van der Waals surface area (Å²) in [5.74, 6) is 0. The third kappa shape index (κ3) is 1.69. The Morgan fingerprint density at radius 2 is 2.50 bits per heavy atom. The molecule has 1 aliphatic carbocycles. The predicted molar refractivity (Wildman–Crippen MR) is 57.2 cm³/mol. The van der Waals surface area contributed by atoms with Crippen molar-refractivity contribution in [1.29, 1.82) is 0 Å². The van der Waals surface area contributed by atoms with Gasteiger partial charge < -0.3 is 5.32 Å². The van der Waals surface area contributed by atoms with Gasteiger partial charge in [0.1, 0.15) is 0 Å². The molecule has 1 N–H and O–H groups in total. The summed E-state index contributed by atoms with van der Waals surface area (Å²) in [5.41, 5.74) is 2.84. The molecular formula is C11H19N3. The lowest BCUT2D eigenvalue weighted by molar-refractivity contribution is 0.453. The largest absolute Gasteiger partial charge is 0.310 e. The summed E-state index contributed by atoms with van der Waals surface area (Å²) in [6.45, 7) is 3.32. The van der Waals surface area contributed by atoms with Gasteiger partial charge in [0, 0.05) is 24.3 Å². The van der Waals surface area contributed by atoms with E-state index in [1.54, 1.807) is 0 Å². The van der Waals surface area contributed by atoms with E-state index in [2.05, 4.69) is 17.3 Å². The lowest BCUT2D eigenvalue weighted by Crippen LogP contribution is -2.25. The van der Waals surface area contributed by atoms with Crippen molar-refractivity contribution in [2.45, 2.75) is 38.6 Å². The average Bonchev–Trinajstić information content (AvgIpc) is 2.58. The van der Waals surface area contributed by atoms with Gasteiger partial charge in [-0.2, -0.15) is 5.10 Å². The SMILES string of the molecule is CCCNC1CCCc2c1cnn2C. The molecule has 0 bridgehead atoms. The molecule has 1 aromatic rings. The minimum atomic E-state index is 0.549. The quantitative estimate of drug-likeness (QED) is 0.793. The van der Waals surface area contributed by atoms with Crippen LogP contribution in [0.15, 0.2) is 6.20 Å². The minimum Gasteiger partial charge on any atom is -0.310 e. The van der Waals surface area contributed by atoms with Gasteiger partial charge in [0.25, 0.3) is 0 Å². The van der Waals surface area contributed by atoms with Crippen LogP contribution in [0, 0.1) is 0 Å². The van der Waals surface area contributed by atoms with Crippen molar-refractivity contribution in [3.05, 3.63) is 17.5 Å². The van der Waals surface area contributed by atoms with Crippen LogP contribution in [0.4, 0.5) is 0 Å². The second-order valence-corrected chi connectivity index (χ2v) is 4.07. The van der Waals surface area contributed by atoms with Crippen molar-refractivity contribution in [2.75, 3.05) is 6.54 Å². The number of hydrogen-bond acceptors (Lipinski definition) is 2. The molecule has 1 atom stereocenters. The van der Waals surface area contributed by atoms with E-state index >= 15 is 0 Å². The van der Waals surface area contributed by atoms with Gasteiger partial charge in [0.15, 0.2) is 0 Å². The standard InChI is InChI=1S/C11H19N3/c1-3-7-12-10-5-4-6-11-9(10)8-13-14(11)2/h8,10,12H,3-7H2,1-2H3. The van der Waals surface area contributed by atoms with Crippen LogP contribution in [0.25, 0.3) is 0 Å². The van der Waals surface area contributed by atoms with E-state index in [0.29, 0.717) is 6.04 Å². The van der Waals surface area contributed by atoms with Crippen molar-refractivity contribution >= 4 is 0 Å². The first-order chi connectivity index (χ1) is 6.83. The molecule has 0 amide bonds. The number of nitrogens with zero attached hydrogens (tertiary/aromatic N) is 2. The summed E-state index contributed by atoms with van der Waals surface area (Å²) < 4.78 is 2.02. The molecule has 14 heavy (non-hydrogen) atoms. The Labute approximate surface area is 85.5 Å². The average molecular weight is 193 g/mol. The first kappa shape index (κ1) is 9.71. The van der Waals surface area contributed by atoms with Gasteiger partial charge in [0.05, 0.1) is 6.20 Å². The Balaban J connectivity index is 2.14. The number of rotatable bonds is 3. The molecule has 0 saturated carbocycles. The fourth-order valence-electron chi connectivity index (χ4n) is 2.24. The van der Waals surface area contributed by atoms with Gasteiger partial charge in [0.2, 0.25) is 0 Å². The number of hydrogen-bond donors (Lipinski definition) is 1. The first-order valence-corrected chi connectivity index (χ1v) is 5.57. The summed E-state index contributed by atoms with van der Waals surface area (Å²) in [6, 6.07) is 0.549. The van der Waals surface area contributed by atoms with Gasteiger partial charge >= 0.3 is 0 Å².